The van der Waals surface area contributed by atoms with Crippen LogP contribution in [0.5, 0.6) is 0 Å². The average molecular weight is 288 g/mol. The van der Waals surface area contributed by atoms with E-state index >= 15 is 0 Å². The smallest absolute Gasteiger partial charge is 0.366 e. The van der Waals surface area contributed by atoms with Gasteiger partial charge in [0.05, 0.1) is 5.56 Å². The highest BCUT2D eigenvalue weighted by atomic mass is 19.4. The molecule has 0 aliphatic heterocycles. The van der Waals surface area contributed by atoms with Gasteiger partial charge in [-0.3, -0.25) is 0 Å². The van der Waals surface area contributed by atoms with Gasteiger partial charge in [0.2, 0.25) is 0 Å². The van der Waals surface area contributed by atoms with E-state index in [1.807, 2.05) is 0 Å². The molecule has 2 nitrogen and oxygen atoms in total. The van der Waals surface area contributed by atoms with Crippen LogP contribution in [0.3, 0.4) is 0 Å². The van der Waals surface area contributed by atoms with Crippen molar-refractivity contribution in [2.75, 3.05) is 5.32 Å². The largest absolute Gasteiger partial charge is 0.416 e. The number of aromatic nitrogens is 1. The van der Waals surface area contributed by atoms with Crippen molar-refractivity contribution in [3.63, 3.8) is 0 Å². The molecule has 2 rings (SSSR count). The minimum atomic E-state index is -4.48. The van der Waals surface area contributed by atoms with E-state index in [2.05, 4.69) is 10.3 Å². The van der Waals surface area contributed by atoms with E-state index in [0.29, 0.717) is 0 Å². The van der Waals surface area contributed by atoms with Crippen molar-refractivity contribution in [1.82, 2.24) is 4.98 Å². The molecule has 0 saturated heterocycles. The summed E-state index contributed by atoms with van der Waals surface area (Å²) in [6, 6.07) is 4.51. The molecule has 20 heavy (non-hydrogen) atoms. The molecule has 0 fully saturated rings. The van der Waals surface area contributed by atoms with Crippen LogP contribution in [0.25, 0.3) is 0 Å². The lowest BCUT2D eigenvalue weighted by Gasteiger charge is -2.10. The van der Waals surface area contributed by atoms with Gasteiger partial charge >= 0.3 is 6.18 Å². The summed E-state index contributed by atoms with van der Waals surface area (Å²) in [4.78, 5) is 3.69. The molecular formula is C13H9F5N2. The Morgan fingerprint density at radius 2 is 1.80 bits per heavy atom. The number of benzene rings is 1. The van der Waals surface area contributed by atoms with E-state index in [0.717, 1.165) is 36.5 Å². The van der Waals surface area contributed by atoms with E-state index in [-0.39, 0.29) is 17.9 Å². The zero-order valence-electron chi connectivity index (χ0n) is 10.0. The fraction of sp³-hybridized carbons (Fsp3) is 0.154. The number of hydrogen-bond acceptors (Lipinski definition) is 2. The van der Waals surface area contributed by atoms with Gasteiger partial charge in [-0.2, -0.15) is 13.2 Å². The molecule has 0 saturated carbocycles. The summed E-state index contributed by atoms with van der Waals surface area (Å²) < 4.78 is 63.7. The Morgan fingerprint density at radius 3 is 2.50 bits per heavy atom. The molecule has 0 unspecified atom stereocenters. The molecule has 0 bridgehead atoms. The van der Waals surface area contributed by atoms with Crippen LogP contribution in [0.1, 0.15) is 11.1 Å². The molecule has 0 amide bonds. The van der Waals surface area contributed by atoms with Crippen LogP contribution in [0.15, 0.2) is 36.5 Å². The second kappa shape index (κ2) is 5.44. The van der Waals surface area contributed by atoms with E-state index in [9.17, 15) is 22.0 Å². The second-order valence-electron chi connectivity index (χ2n) is 4.02. The predicted molar refractivity (Wildman–Crippen MR) is 62.9 cm³/mol. The molecule has 0 aliphatic carbocycles. The van der Waals surface area contributed by atoms with Crippen LogP contribution < -0.4 is 5.32 Å². The summed E-state index contributed by atoms with van der Waals surface area (Å²) in [5.41, 5.74) is -0.862. The number of halogens is 5. The summed E-state index contributed by atoms with van der Waals surface area (Å²) in [6.45, 7) is -0.169. The topological polar surface area (TPSA) is 24.9 Å². The molecule has 106 valence electrons. The summed E-state index contributed by atoms with van der Waals surface area (Å²) >= 11 is 0. The molecule has 0 aliphatic rings. The summed E-state index contributed by atoms with van der Waals surface area (Å²) in [7, 11) is 0. The van der Waals surface area contributed by atoms with E-state index in [1.165, 1.54) is 0 Å². The monoisotopic (exact) mass is 288 g/mol. The molecule has 2 aromatic rings. The van der Waals surface area contributed by atoms with Gasteiger partial charge in [-0.1, -0.05) is 0 Å². The number of nitrogens with one attached hydrogen (secondary N) is 1. The maximum Gasteiger partial charge on any atom is 0.416 e. The van der Waals surface area contributed by atoms with Crippen molar-refractivity contribution in [1.29, 1.82) is 0 Å². The van der Waals surface area contributed by atoms with Crippen molar-refractivity contribution in [3.8, 4) is 0 Å². The van der Waals surface area contributed by atoms with Gasteiger partial charge in [-0.25, -0.2) is 13.8 Å². The van der Waals surface area contributed by atoms with Gasteiger partial charge in [0.15, 0.2) is 0 Å². The minimum Gasteiger partial charge on any atom is -0.366 e. The Balaban J connectivity index is 2.13. The standard InChI is InChI=1S/C13H9F5N2/c14-10-1-2-11(15)8(5-10)7-20-12-6-9(3-4-19-12)13(16,17)18/h1-6H,7H2,(H,19,20). The predicted octanol–water partition coefficient (Wildman–Crippen LogP) is 3.99. The lowest BCUT2D eigenvalue weighted by molar-refractivity contribution is -0.137. The first kappa shape index (κ1) is 14.2. The Morgan fingerprint density at radius 1 is 1.05 bits per heavy atom. The average Bonchev–Trinajstić information content (AvgIpc) is 2.39. The quantitative estimate of drug-likeness (QED) is 0.864. The van der Waals surface area contributed by atoms with Crippen LogP contribution in [-0.4, -0.2) is 4.98 Å². The van der Waals surface area contributed by atoms with E-state index in [1.54, 1.807) is 0 Å². The third-order valence-electron chi connectivity index (χ3n) is 2.55. The highest BCUT2D eigenvalue weighted by Crippen LogP contribution is 2.30. The van der Waals surface area contributed by atoms with Crippen molar-refractivity contribution in [2.45, 2.75) is 12.7 Å². The Labute approximate surface area is 111 Å². The summed E-state index contributed by atoms with van der Waals surface area (Å²) in [6.07, 6.45) is -3.49. The number of alkyl halides is 3. The van der Waals surface area contributed by atoms with Crippen LogP contribution in [0.2, 0.25) is 0 Å². The Hall–Kier alpha value is -2.18. The highest BCUT2D eigenvalue weighted by molar-refractivity contribution is 5.39. The van der Waals surface area contributed by atoms with Gasteiger partial charge in [0, 0.05) is 18.3 Å². The van der Waals surface area contributed by atoms with Crippen molar-refractivity contribution >= 4 is 5.82 Å². The first-order valence-corrected chi connectivity index (χ1v) is 5.57. The lowest BCUT2D eigenvalue weighted by atomic mass is 10.2. The fourth-order valence-corrected chi connectivity index (χ4v) is 1.57. The second-order valence-corrected chi connectivity index (χ2v) is 4.02. The molecule has 0 radical (unpaired) electrons. The van der Waals surface area contributed by atoms with Crippen molar-refractivity contribution in [2.24, 2.45) is 0 Å². The number of pyridine rings is 1. The number of hydrogen-bond donors (Lipinski definition) is 1. The molecule has 1 aromatic heterocycles. The fourth-order valence-electron chi connectivity index (χ4n) is 1.57. The molecule has 7 heteroatoms. The van der Waals surface area contributed by atoms with E-state index in [4.69, 9.17) is 0 Å². The number of rotatable bonds is 3. The van der Waals surface area contributed by atoms with Gasteiger partial charge in [-0.05, 0) is 30.3 Å². The van der Waals surface area contributed by atoms with Gasteiger partial charge in [-0.15, -0.1) is 0 Å². The third-order valence-corrected chi connectivity index (χ3v) is 2.55. The van der Waals surface area contributed by atoms with Gasteiger partial charge < -0.3 is 5.32 Å². The molecule has 0 spiro atoms. The summed E-state index contributed by atoms with van der Waals surface area (Å²) in [5.74, 6) is -1.34. The molecule has 1 aromatic carbocycles. The van der Waals surface area contributed by atoms with Crippen molar-refractivity contribution < 1.29 is 22.0 Å². The van der Waals surface area contributed by atoms with Crippen LogP contribution >= 0.6 is 0 Å². The summed E-state index contributed by atoms with van der Waals surface area (Å²) in [5, 5.41) is 2.52. The van der Waals surface area contributed by atoms with E-state index < -0.39 is 23.4 Å². The van der Waals surface area contributed by atoms with Crippen molar-refractivity contribution in [3.05, 3.63) is 59.3 Å². The Bertz CT molecular complexity index is 610. The minimum absolute atomic E-state index is 0.00390. The zero-order chi connectivity index (χ0) is 14.8. The third kappa shape index (κ3) is 3.43. The SMILES string of the molecule is Fc1ccc(F)c(CNc2cc(C(F)(F)F)ccn2)c1. The normalized spacial score (nSPS) is 11.4. The zero-order valence-corrected chi connectivity index (χ0v) is 10.0. The first-order valence-electron chi connectivity index (χ1n) is 5.57. The number of anilines is 1. The molecule has 1 N–H and O–H groups in total. The van der Waals surface area contributed by atoms with Crippen LogP contribution in [0, 0.1) is 11.6 Å². The Kier molecular flexibility index (Phi) is 3.87. The number of nitrogens with zero attached hydrogens (tertiary/aromatic N) is 1. The molecule has 0 atom stereocenters. The van der Waals surface area contributed by atoms with Gasteiger partial charge in [0.1, 0.15) is 17.5 Å². The molecule has 1 heterocycles. The molecular weight excluding hydrogens is 279 g/mol. The maximum absolute atomic E-state index is 13.3. The van der Waals surface area contributed by atoms with Crippen LogP contribution in [-0.2, 0) is 12.7 Å². The first-order chi connectivity index (χ1) is 9.36. The van der Waals surface area contributed by atoms with Gasteiger partial charge in [0.25, 0.3) is 0 Å². The lowest BCUT2D eigenvalue weighted by Crippen LogP contribution is -2.08. The highest BCUT2D eigenvalue weighted by Gasteiger charge is 2.30. The maximum atomic E-state index is 13.3. The van der Waals surface area contributed by atoms with Crippen LogP contribution in [0.4, 0.5) is 27.8 Å².